The number of amides is 3. The molecule has 1 saturated heterocycles. The minimum Gasteiger partial charge on any atom is -0.319 e. The van der Waals surface area contributed by atoms with E-state index >= 15 is 0 Å². The van der Waals surface area contributed by atoms with E-state index in [1.54, 1.807) is 24.3 Å². The highest BCUT2D eigenvalue weighted by molar-refractivity contribution is 7.86. The second-order valence-corrected chi connectivity index (χ2v) is 6.68. The zero-order chi connectivity index (χ0) is 15.8. The van der Waals surface area contributed by atoms with Crippen LogP contribution in [0.25, 0.3) is 0 Å². The fourth-order valence-electron chi connectivity index (χ4n) is 2.08. The van der Waals surface area contributed by atoms with Crippen LogP contribution in [-0.2, 0) is 20.6 Å². The molecule has 9 heteroatoms. The van der Waals surface area contributed by atoms with Gasteiger partial charge in [0.05, 0.1) is 5.75 Å². The summed E-state index contributed by atoms with van der Waals surface area (Å²) in [6.45, 7) is 0.951. The summed E-state index contributed by atoms with van der Waals surface area (Å²) in [6, 6.07) is 5.53. The van der Waals surface area contributed by atoms with E-state index in [1.807, 2.05) is 0 Å². The van der Waals surface area contributed by atoms with Gasteiger partial charge in [-0.2, -0.15) is 8.42 Å². The highest BCUT2D eigenvalue weighted by atomic mass is 35.5. The van der Waals surface area contributed by atoms with Gasteiger partial charge in [-0.1, -0.05) is 23.7 Å². The van der Waals surface area contributed by atoms with Crippen molar-refractivity contribution in [1.82, 2.24) is 10.2 Å². The minimum absolute atomic E-state index is 0.472. The van der Waals surface area contributed by atoms with Crippen LogP contribution >= 0.6 is 11.6 Å². The Kier molecular flexibility index (Phi) is 3.94. The molecule has 0 aliphatic carbocycles. The molecule has 6 nitrogen and oxygen atoms in total. The molecule has 0 saturated carbocycles. The third-order valence-electron chi connectivity index (χ3n) is 3.26. The predicted molar refractivity (Wildman–Crippen MR) is 73.9 cm³/mol. The number of imide groups is 1. The average Bonchev–Trinajstić information content (AvgIpc) is 2.59. The maximum Gasteiger partial charge on any atom is 0.325 e. The van der Waals surface area contributed by atoms with E-state index in [2.05, 4.69) is 5.32 Å². The Balaban J connectivity index is 2.26. The summed E-state index contributed by atoms with van der Waals surface area (Å²) in [4.78, 5) is 24.8. The first kappa shape index (κ1) is 15.7. The van der Waals surface area contributed by atoms with Crippen LogP contribution in [0.15, 0.2) is 24.3 Å². The quantitative estimate of drug-likeness (QED) is 0.666. The monoisotopic (exact) mass is 334 g/mol. The van der Waals surface area contributed by atoms with Gasteiger partial charge in [0.15, 0.2) is 0 Å². The number of nitrogens with zero attached hydrogens (tertiary/aromatic N) is 1. The Morgan fingerprint density at radius 3 is 2.38 bits per heavy atom. The molecule has 21 heavy (non-hydrogen) atoms. The van der Waals surface area contributed by atoms with Gasteiger partial charge >= 0.3 is 16.3 Å². The molecule has 0 bridgehead atoms. The normalized spacial score (nSPS) is 22.5. The molecule has 0 radical (unpaired) electrons. The first-order valence-electron chi connectivity index (χ1n) is 5.96. The maximum absolute atomic E-state index is 12.5. The molecule has 1 aliphatic rings. The first-order valence-corrected chi connectivity index (χ1v) is 7.89. The van der Waals surface area contributed by atoms with Crippen LogP contribution in [0, 0.1) is 0 Å². The molecule has 3 amide bonds. The molecule has 1 aromatic rings. The Morgan fingerprint density at radius 1 is 1.29 bits per heavy atom. The summed E-state index contributed by atoms with van der Waals surface area (Å²) in [5.41, 5.74) is -0.835. The van der Waals surface area contributed by atoms with Gasteiger partial charge in [-0.15, -0.1) is 3.89 Å². The summed E-state index contributed by atoms with van der Waals surface area (Å²) in [5.74, 6) is -1.57. The summed E-state index contributed by atoms with van der Waals surface area (Å²) in [5, 5.41) is 2.95. The smallest absolute Gasteiger partial charge is 0.319 e. The van der Waals surface area contributed by atoms with Gasteiger partial charge < -0.3 is 5.32 Å². The van der Waals surface area contributed by atoms with Gasteiger partial charge in [-0.3, -0.25) is 9.69 Å². The third kappa shape index (κ3) is 3.16. The van der Waals surface area contributed by atoms with Crippen molar-refractivity contribution < 1.29 is 21.9 Å². The number of carbonyl (C=O) groups excluding carboxylic acids is 2. The molecule has 1 aromatic carbocycles. The molecule has 1 heterocycles. The molecular weight excluding hydrogens is 323 g/mol. The van der Waals surface area contributed by atoms with Gasteiger partial charge in [-0.25, -0.2) is 4.79 Å². The second-order valence-electron chi connectivity index (χ2n) is 4.76. The van der Waals surface area contributed by atoms with Crippen molar-refractivity contribution >= 4 is 33.8 Å². The van der Waals surface area contributed by atoms with Crippen LogP contribution in [0.4, 0.5) is 8.68 Å². The summed E-state index contributed by atoms with van der Waals surface area (Å²) >= 11 is 5.77. The highest BCUT2D eigenvalue weighted by Crippen LogP contribution is 2.29. The molecule has 1 aliphatic heterocycles. The number of urea groups is 1. The maximum atomic E-state index is 12.5. The van der Waals surface area contributed by atoms with Gasteiger partial charge in [0.1, 0.15) is 5.54 Å². The SMILES string of the molecule is CC1(c2ccc(Cl)cc2)NC(=O)N(CCS(=O)(=O)F)C1=O. The van der Waals surface area contributed by atoms with Gasteiger partial charge in [0.2, 0.25) is 0 Å². The first-order chi connectivity index (χ1) is 9.63. The lowest BCUT2D eigenvalue weighted by Crippen LogP contribution is -2.41. The molecule has 1 N–H and O–H groups in total. The number of carbonyl (C=O) groups is 2. The van der Waals surface area contributed by atoms with E-state index < -0.39 is 40.0 Å². The topological polar surface area (TPSA) is 83.6 Å². The van der Waals surface area contributed by atoms with Crippen molar-refractivity contribution in [2.45, 2.75) is 12.5 Å². The van der Waals surface area contributed by atoms with Crippen molar-refractivity contribution in [3.8, 4) is 0 Å². The van der Waals surface area contributed by atoms with Crippen LogP contribution in [0.3, 0.4) is 0 Å². The number of benzene rings is 1. The van der Waals surface area contributed by atoms with Gasteiger partial charge in [-0.05, 0) is 24.6 Å². The minimum atomic E-state index is -4.76. The lowest BCUT2D eigenvalue weighted by Gasteiger charge is -2.22. The zero-order valence-corrected chi connectivity index (χ0v) is 12.5. The Hall–Kier alpha value is -1.67. The summed E-state index contributed by atoms with van der Waals surface area (Å²) < 4.78 is 33.6. The van der Waals surface area contributed by atoms with Crippen molar-refractivity contribution in [2.24, 2.45) is 0 Å². The molecule has 1 unspecified atom stereocenters. The van der Waals surface area contributed by atoms with Crippen molar-refractivity contribution in [2.75, 3.05) is 12.3 Å². The van der Waals surface area contributed by atoms with E-state index in [4.69, 9.17) is 11.6 Å². The molecule has 114 valence electrons. The molecule has 1 fully saturated rings. The molecule has 0 aromatic heterocycles. The number of hydrogen-bond donors (Lipinski definition) is 1. The molecular formula is C12H12ClFN2O4S. The van der Waals surface area contributed by atoms with E-state index in [1.165, 1.54) is 6.92 Å². The fraction of sp³-hybridized carbons (Fsp3) is 0.333. The number of rotatable bonds is 4. The number of nitrogens with one attached hydrogen (secondary N) is 1. The van der Waals surface area contributed by atoms with Crippen molar-refractivity contribution in [3.05, 3.63) is 34.9 Å². The third-order valence-corrected chi connectivity index (χ3v) is 4.18. The van der Waals surface area contributed by atoms with Crippen LogP contribution in [0.2, 0.25) is 5.02 Å². The van der Waals surface area contributed by atoms with E-state index in [0.29, 0.717) is 15.5 Å². The number of halogens is 2. The predicted octanol–water partition coefficient (Wildman–Crippen LogP) is 1.41. The average molecular weight is 335 g/mol. The highest BCUT2D eigenvalue weighted by Gasteiger charge is 2.48. The van der Waals surface area contributed by atoms with Gasteiger partial charge in [0, 0.05) is 11.6 Å². The van der Waals surface area contributed by atoms with Crippen LogP contribution < -0.4 is 5.32 Å². The number of hydrogen-bond acceptors (Lipinski definition) is 4. The molecule has 2 rings (SSSR count). The van der Waals surface area contributed by atoms with E-state index in [0.717, 1.165) is 0 Å². The Morgan fingerprint density at radius 2 is 1.86 bits per heavy atom. The second kappa shape index (κ2) is 5.27. The van der Waals surface area contributed by atoms with Crippen LogP contribution in [-0.4, -0.2) is 37.6 Å². The Bertz CT molecular complexity index is 692. The lowest BCUT2D eigenvalue weighted by atomic mass is 9.92. The Labute approximate surface area is 126 Å². The van der Waals surface area contributed by atoms with Crippen molar-refractivity contribution in [3.63, 3.8) is 0 Å². The molecule has 1 atom stereocenters. The van der Waals surface area contributed by atoms with Crippen LogP contribution in [0.5, 0.6) is 0 Å². The standard InChI is InChI=1S/C12H12ClFN2O4S/c1-12(8-2-4-9(13)5-3-8)10(17)16(11(18)15-12)6-7-21(14,19)20/h2-5H,6-7H2,1H3,(H,15,18). The largest absolute Gasteiger partial charge is 0.325 e. The lowest BCUT2D eigenvalue weighted by molar-refractivity contribution is -0.130. The summed E-state index contributed by atoms with van der Waals surface area (Å²) in [7, 11) is -4.76. The summed E-state index contributed by atoms with van der Waals surface area (Å²) in [6.07, 6.45) is 0. The van der Waals surface area contributed by atoms with E-state index in [-0.39, 0.29) is 0 Å². The van der Waals surface area contributed by atoms with Crippen molar-refractivity contribution in [1.29, 1.82) is 0 Å². The van der Waals surface area contributed by atoms with Crippen LogP contribution in [0.1, 0.15) is 12.5 Å². The van der Waals surface area contributed by atoms with E-state index in [9.17, 15) is 21.9 Å². The van der Waals surface area contributed by atoms with Gasteiger partial charge in [0.25, 0.3) is 5.91 Å². The molecule has 0 spiro atoms. The zero-order valence-electron chi connectivity index (χ0n) is 11.0. The fourth-order valence-corrected chi connectivity index (χ4v) is 2.61.